The molecular formula is C30H20N2O2. The van der Waals surface area contributed by atoms with Gasteiger partial charge in [0.1, 0.15) is 22.3 Å². The average Bonchev–Trinajstić information content (AvgIpc) is 3.43. The molecule has 0 atom stereocenters. The minimum atomic E-state index is 0.888. The summed E-state index contributed by atoms with van der Waals surface area (Å²) in [6, 6.07) is 36.9. The third-order valence-corrected chi connectivity index (χ3v) is 6.24. The van der Waals surface area contributed by atoms with Crippen LogP contribution in [0.1, 0.15) is 0 Å². The van der Waals surface area contributed by atoms with E-state index in [2.05, 4.69) is 47.0 Å². The molecular weight excluding hydrogens is 420 g/mol. The maximum atomic E-state index is 5.97. The van der Waals surface area contributed by atoms with Crippen molar-refractivity contribution in [2.45, 2.75) is 0 Å². The zero-order valence-electron chi connectivity index (χ0n) is 18.2. The summed E-state index contributed by atoms with van der Waals surface area (Å²) < 4.78 is 11.9. The lowest BCUT2D eigenvalue weighted by Gasteiger charge is -2.14. The summed E-state index contributed by atoms with van der Waals surface area (Å²) in [5.41, 5.74) is 7.57. The number of anilines is 4. The molecule has 0 aliphatic carbocycles. The monoisotopic (exact) mass is 440 g/mol. The van der Waals surface area contributed by atoms with Gasteiger partial charge < -0.3 is 19.5 Å². The fourth-order valence-electron chi connectivity index (χ4n) is 4.62. The Bertz CT molecular complexity index is 1690. The molecule has 34 heavy (non-hydrogen) atoms. The van der Waals surface area contributed by atoms with Gasteiger partial charge in [0.15, 0.2) is 0 Å². The summed E-state index contributed by atoms with van der Waals surface area (Å²) >= 11 is 0. The summed E-state index contributed by atoms with van der Waals surface area (Å²) in [5, 5.41) is 11.6. The van der Waals surface area contributed by atoms with Crippen LogP contribution in [0.3, 0.4) is 0 Å². The molecule has 2 N–H and O–H groups in total. The summed E-state index contributed by atoms with van der Waals surface area (Å²) in [6.07, 6.45) is 0. The van der Waals surface area contributed by atoms with Crippen LogP contribution in [-0.2, 0) is 0 Å². The molecule has 2 aromatic heterocycles. The molecule has 5 aromatic carbocycles. The molecule has 7 rings (SSSR count). The molecule has 0 amide bonds. The van der Waals surface area contributed by atoms with Gasteiger partial charge in [-0.15, -0.1) is 0 Å². The van der Waals surface area contributed by atoms with Gasteiger partial charge in [0.25, 0.3) is 0 Å². The van der Waals surface area contributed by atoms with Gasteiger partial charge in [-0.05, 0) is 60.7 Å². The van der Waals surface area contributed by atoms with E-state index >= 15 is 0 Å². The minimum Gasteiger partial charge on any atom is -0.456 e. The van der Waals surface area contributed by atoms with E-state index in [1.165, 1.54) is 0 Å². The molecule has 7 aromatic rings. The van der Waals surface area contributed by atoms with E-state index < -0.39 is 0 Å². The van der Waals surface area contributed by atoms with Crippen molar-refractivity contribution >= 4 is 66.6 Å². The third kappa shape index (κ3) is 3.08. The van der Waals surface area contributed by atoms with Gasteiger partial charge in [-0.2, -0.15) is 0 Å². The van der Waals surface area contributed by atoms with Crippen LogP contribution in [0.5, 0.6) is 0 Å². The molecule has 0 spiro atoms. The average molecular weight is 441 g/mol. The number of fused-ring (bicyclic) bond motifs is 6. The number of hydrogen-bond donors (Lipinski definition) is 2. The molecule has 0 aliphatic rings. The van der Waals surface area contributed by atoms with Gasteiger partial charge in [-0.25, -0.2) is 0 Å². The lowest BCUT2D eigenvalue weighted by Crippen LogP contribution is -1.97. The standard InChI is InChI=1S/C30H20N2O2/c1-5-11-27-21(7-1)23-17-19(13-15-29(23)33-27)31-25-9-3-4-10-26(25)32-20-14-16-30-24(18-20)22-8-2-6-12-28(22)34-30/h1-18,31-32H. The number of rotatable bonds is 4. The van der Waals surface area contributed by atoms with Gasteiger partial charge in [-0.3, -0.25) is 0 Å². The zero-order chi connectivity index (χ0) is 22.5. The van der Waals surface area contributed by atoms with Crippen LogP contribution in [-0.4, -0.2) is 0 Å². The lowest BCUT2D eigenvalue weighted by atomic mass is 10.1. The van der Waals surface area contributed by atoms with E-state index in [1.807, 2.05) is 72.8 Å². The summed E-state index contributed by atoms with van der Waals surface area (Å²) in [4.78, 5) is 0. The van der Waals surface area contributed by atoms with E-state index in [0.717, 1.165) is 66.6 Å². The fourth-order valence-corrected chi connectivity index (χ4v) is 4.62. The third-order valence-electron chi connectivity index (χ3n) is 6.24. The van der Waals surface area contributed by atoms with Crippen molar-refractivity contribution in [2.24, 2.45) is 0 Å². The Morgan fingerprint density at radius 3 is 1.29 bits per heavy atom. The number of furan rings is 2. The SMILES string of the molecule is c1ccc(Nc2ccc3oc4ccccc4c3c2)c(Nc2ccc3oc4ccccc4c3c2)c1. The first-order chi connectivity index (χ1) is 16.8. The topological polar surface area (TPSA) is 50.3 Å². The highest BCUT2D eigenvalue weighted by Crippen LogP contribution is 2.35. The van der Waals surface area contributed by atoms with Gasteiger partial charge in [-0.1, -0.05) is 48.5 Å². The van der Waals surface area contributed by atoms with E-state index in [1.54, 1.807) is 0 Å². The van der Waals surface area contributed by atoms with Crippen LogP contribution in [0.2, 0.25) is 0 Å². The highest BCUT2D eigenvalue weighted by Gasteiger charge is 2.10. The van der Waals surface area contributed by atoms with Gasteiger partial charge in [0.05, 0.1) is 11.4 Å². The van der Waals surface area contributed by atoms with E-state index in [-0.39, 0.29) is 0 Å². The molecule has 4 heteroatoms. The number of nitrogens with one attached hydrogen (secondary N) is 2. The maximum Gasteiger partial charge on any atom is 0.135 e. The van der Waals surface area contributed by atoms with E-state index in [9.17, 15) is 0 Å². The molecule has 2 heterocycles. The second-order valence-electron chi connectivity index (χ2n) is 8.41. The Hall–Kier alpha value is -4.70. The fraction of sp³-hybridized carbons (Fsp3) is 0. The van der Waals surface area contributed by atoms with Gasteiger partial charge >= 0.3 is 0 Å². The van der Waals surface area contributed by atoms with Crippen molar-refractivity contribution in [2.75, 3.05) is 10.6 Å². The van der Waals surface area contributed by atoms with Crippen molar-refractivity contribution in [3.05, 3.63) is 109 Å². The Balaban J connectivity index is 1.24. The predicted octanol–water partition coefficient (Wildman–Crippen LogP) is 8.97. The summed E-state index contributed by atoms with van der Waals surface area (Å²) in [5.74, 6) is 0. The minimum absolute atomic E-state index is 0.888. The molecule has 0 aliphatic heterocycles. The highest BCUT2D eigenvalue weighted by molar-refractivity contribution is 6.07. The quantitative estimate of drug-likeness (QED) is 0.287. The van der Waals surface area contributed by atoms with Crippen molar-refractivity contribution in [1.82, 2.24) is 0 Å². The normalized spacial score (nSPS) is 11.5. The van der Waals surface area contributed by atoms with E-state index in [4.69, 9.17) is 8.83 Å². The van der Waals surface area contributed by atoms with Crippen molar-refractivity contribution in [3.63, 3.8) is 0 Å². The molecule has 0 unspecified atom stereocenters. The van der Waals surface area contributed by atoms with Crippen LogP contribution in [0.25, 0.3) is 43.9 Å². The summed E-state index contributed by atoms with van der Waals surface area (Å²) in [6.45, 7) is 0. The highest BCUT2D eigenvalue weighted by atomic mass is 16.3. The Labute approximate surface area is 195 Å². The van der Waals surface area contributed by atoms with Crippen molar-refractivity contribution in [1.29, 1.82) is 0 Å². The molecule has 0 radical (unpaired) electrons. The molecule has 0 saturated heterocycles. The number of para-hydroxylation sites is 4. The molecule has 0 saturated carbocycles. The Kier molecular flexibility index (Phi) is 4.11. The second kappa shape index (κ2) is 7.42. The van der Waals surface area contributed by atoms with Crippen molar-refractivity contribution < 1.29 is 8.83 Å². The first-order valence-corrected chi connectivity index (χ1v) is 11.3. The Morgan fingerprint density at radius 1 is 0.382 bits per heavy atom. The molecule has 0 fully saturated rings. The second-order valence-corrected chi connectivity index (χ2v) is 8.41. The van der Waals surface area contributed by atoms with Crippen LogP contribution in [0.4, 0.5) is 22.7 Å². The number of benzene rings is 5. The van der Waals surface area contributed by atoms with Crippen molar-refractivity contribution in [3.8, 4) is 0 Å². The lowest BCUT2D eigenvalue weighted by molar-refractivity contribution is 0.668. The predicted molar refractivity (Wildman–Crippen MR) is 140 cm³/mol. The largest absolute Gasteiger partial charge is 0.456 e. The summed E-state index contributed by atoms with van der Waals surface area (Å²) in [7, 11) is 0. The Morgan fingerprint density at radius 2 is 0.794 bits per heavy atom. The molecule has 162 valence electrons. The first kappa shape index (κ1) is 18.8. The molecule has 0 bridgehead atoms. The van der Waals surface area contributed by atoms with Gasteiger partial charge in [0.2, 0.25) is 0 Å². The van der Waals surface area contributed by atoms with Crippen LogP contribution in [0.15, 0.2) is 118 Å². The van der Waals surface area contributed by atoms with E-state index in [0.29, 0.717) is 0 Å². The maximum absolute atomic E-state index is 5.97. The van der Waals surface area contributed by atoms with Crippen LogP contribution >= 0.6 is 0 Å². The molecule has 4 nitrogen and oxygen atoms in total. The first-order valence-electron chi connectivity index (χ1n) is 11.3. The zero-order valence-corrected chi connectivity index (χ0v) is 18.2. The van der Waals surface area contributed by atoms with Crippen LogP contribution in [0, 0.1) is 0 Å². The van der Waals surface area contributed by atoms with Gasteiger partial charge in [0, 0.05) is 32.9 Å². The van der Waals surface area contributed by atoms with Crippen LogP contribution < -0.4 is 10.6 Å². The number of hydrogen-bond acceptors (Lipinski definition) is 4. The smallest absolute Gasteiger partial charge is 0.135 e.